The Morgan fingerprint density at radius 1 is 1.21 bits per heavy atom. The minimum atomic E-state index is -0.542. The highest BCUT2D eigenvalue weighted by Gasteiger charge is 2.15. The lowest BCUT2D eigenvalue weighted by molar-refractivity contribution is -0.118. The number of aliphatic hydroxyl groups excluding tert-OH is 1. The van der Waals surface area contributed by atoms with Gasteiger partial charge in [-0.1, -0.05) is 42.5 Å². The summed E-state index contributed by atoms with van der Waals surface area (Å²) in [6, 6.07) is 15.8. The van der Waals surface area contributed by atoms with Gasteiger partial charge < -0.3 is 9.84 Å². The lowest BCUT2D eigenvalue weighted by atomic mass is 9.98. The Kier molecular flexibility index (Phi) is 5.11. The molecule has 1 atom stereocenters. The lowest BCUT2D eigenvalue weighted by Gasteiger charge is -2.13. The molecule has 1 N–H and O–H groups in total. The van der Waals surface area contributed by atoms with Crippen LogP contribution < -0.4 is 4.74 Å². The number of rotatable bonds is 7. The summed E-state index contributed by atoms with van der Waals surface area (Å²) in [5.41, 5.74) is 4.81. The molecule has 0 fully saturated rings. The Bertz CT molecular complexity index is 761. The van der Waals surface area contributed by atoms with E-state index in [1.54, 1.807) is 6.07 Å². The van der Waals surface area contributed by atoms with Gasteiger partial charge in [-0.3, -0.25) is 4.79 Å². The van der Waals surface area contributed by atoms with E-state index in [1.165, 1.54) is 23.6 Å². The van der Waals surface area contributed by atoms with Gasteiger partial charge in [-0.25, -0.2) is 0 Å². The molecule has 24 heavy (non-hydrogen) atoms. The zero-order valence-electron chi connectivity index (χ0n) is 13.9. The van der Waals surface area contributed by atoms with Gasteiger partial charge in [-0.15, -0.1) is 0 Å². The smallest absolute Gasteiger partial charge is 0.167 e. The molecule has 0 aliphatic heterocycles. The number of hydrogen-bond donors (Lipinski definition) is 1. The summed E-state index contributed by atoms with van der Waals surface area (Å²) < 4.78 is 5.41. The predicted molar refractivity (Wildman–Crippen MR) is 94.9 cm³/mol. The minimum absolute atomic E-state index is 0.0206. The number of allylic oxidation sites excluding steroid dienone is 2. The van der Waals surface area contributed by atoms with Gasteiger partial charge in [0.15, 0.2) is 5.78 Å². The molecule has 3 heteroatoms. The second kappa shape index (κ2) is 7.45. The van der Waals surface area contributed by atoms with Gasteiger partial charge >= 0.3 is 0 Å². The summed E-state index contributed by atoms with van der Waals surface area (Å²) in [6.45, 7) is 1.55. The molecule has 2 aromatic rings. The number of hydrogen-bond acceptors (Lipinski definition) is 3. The van der Waals surface area contributed by atoms with Crippen molar-refractivity contribution >= 4 is 11.4 Å². The first kappa shape index (κ1) is 16.5. The first-order chi connectivity index (χ1) is 11.6. The Morgan fingerprint density at radius 2 is 2.04 bits per heavy atom. The van der Waals surface area contributed by atoms with Crippen LogP contribution in [0, 0.1) is 0 Å². The lowest BCUT2D eigenvalue weighted by Crippen LogP contribution is -2.07. The molecule has 0 heterocycles. The SMILES string of the molecule is CC(=O)COc1cccc([C@H](O)CCC2=CCc3ccccc32)c1. The third-order valence-corrected chi connectivity index (χ3v) is 4.30. The molecule has 0 spiro atoms. The van der Waals surface area contributed by atoms with Crippen molar-refractivity contribution in [1.82, 2.24) is 0 Å². The second-order valence-electron chi connectivity index (χ2n) is 6.21. The normalized spacial score (nSPS) is 14.0. The minimum Gasteiger partial charge on any atom is -0.486 e. The van der Waals surface area contributed by atoms with Crippen molar-refractivity contribution in [3.8, 4) is 5.75 Å². The van der Waals surface area contributed by atoms with E-state index < -0.39 is 6.10 Å². The highest BCUT2D eigenvalue weighted by molar-refractivity contribution is 5.77. The molecule has 1 aliphatic carbocycles. The average Bonchev–Trinajstić information content (AvgIpc) is 3.01. The molecule has 124 valence electrons. The Labute approximate surface area is 142 Å². The van der Waals surface area contributed by atoms with E-state index in [4.69, 9.17) is 4.74 Å². The maximum absolute atomic E-state index is 11.0. The number of carbonyl (C=O) groups excluding carboxylic acids is 1. The average molecular weight is 322 g/mol. The van der Waals surface area contributed by atoms with E-state index in [0.717, 1.165) is 18.4 Å². The molecule has 0 saturated heterocycles. The van der Waals surface area contributed by atoms with Crippen LogP contribution in [0.3, 0.4) is 0 Å². The molecule has 1 aliphatic rings. The maximum Gasteiger partial charge on any atom is 0.167 e. The van der Waals surface area contributed by atoms with Crippen LogP contribution in [-0.4, -0.2) is 17.5 Å². The van der Waals surface area contributed by atoms with E-state index >= 15 is 0 Å². The van der Waals surface area contributed by atoms with Crippen molar-refractivity contribution in [3.63, 3.8) is 0 Å². The molecule has 0 unspecified atom stereocenters. The van der Waals surface area contributed by atoms with Crippen LogP contribution in [0.15, 0.2) is 54.6 Å². The third kappa shape index (κ3) is 3.92. The van der Waals surface area contributed by atoms with Crippen molar-refractivity contribution in [2.75, 3.05) is 6.61 Å². The molecule has 0 bridgehead atoms. The van der Waals surface area contributed by atoms with E-state index in [9.17, 15) is 9.90 Å². The van der Waals surface area contributed by atoms with Gasteiger partial charge in [0.1, 0.15) is 12.4 Å². The van der Waals surface area contributed by atoms with Gasteiger partial charge in [0, 0.05) is 0 Å². The molecule has 0 aromatic heterocycles. The van der Waals surface area contributed by atoms with Crippen LogP contribution in [0.25, 0.3) is 5.57 Å². The topological polar surface area (TPSA) is 46.5 Å². The van der Waals surface area contributed by atoms with Gasteiger partial charge in [-0.2, -0.15) is 0 Å². The van der Waals surface area contributed by atoms with E-state index in [0.29, 0.717) is 12.2 Å². The Hall–Kier alpha value is -2.39. The maximum atomic E-state index is 11.0. The largest absolute Gasteiger partial charge is 0.486 e. The molecule has 0 amide bonds. The zero-order valence-corrected chi connectivity index (χ0v) is 13.9. The van der Waals surface area contributed by atoms with E-state index in [1.807, 2.05) is 18.2 Å². The van der Waals surface area contributed by atoms with Crippen molar-refractivity contribution < 1.29 is 14.6 Å². The molecule has 3 rings (SSSR count). The van der Waals surface area contributed by atoms with Gasteiger partial charge in [-0.05, 0) is 60.6 Å². The van der Waals surface area contributed by atoms with Gasteiger partial charge in [0.05, 0.1) is 6.10 Å². The Balaban J connectivity index is 1.60. The van der Waals surface area contributed by atoms with Gasteiger partial charge in [0.25, 0.3) is 0 Å². The molecule has 0 radical (unpaired) electrons. The monoisotopic (exact) mass is 322 g/mol. The number of Topliss-reactive ketones (excluding diaryl/α,β-unsaturated/α-hetero) is 1. The van der Waals surface area contributed by atoms with Crippen molar-refractivity contribution in [2.45, 2.75) is 32.3 Å². The highest BCUT2D eigenvalue weighted by atomic mass is 16.5. The highest BCUT2D eigenvalue weighted by Crippen LogP contribution is 2.33. The summed E-state index contributed by atoms with van der Waals surface area (Å²) >= 11 is 0. The summed E-state index contributed by atoms with van der Waals surface area (Å²) in [6.07, 6.45) is 4.20. The summed E-state index contributed by atoms with van der Waals surface area (Å²) in [7, 11) is 0. The number of ketones is 1. The Morgan fingerprint density at radius 3 is 2.88 bits per heavy atom. The van der Waals surface area contributed by atoms with Gasteiger partial charge in [0.2, 0.25) is 0 Å². The predicted octanol–water partition coefficient (Wildman–Crippen LogP) is 4.11. The number of ether oxygens (including phenoxy) is 1. The summed E-state index contributed by atoms with van der Waals surface area (Å²) in [5, 5.41) is 10.5. The number of carbonyl (C=O) groups is 1. The third-order valence-electron chi connectivity index (χ3n) is 4.30. The quantitative estimate of drug-likeness (QED) is 0.834. The fourth-order valence-electron chi connectivity index (χ4n) is 3.05. The summed E-state index contributed by atoms with van der Waals surface area (Å²) in [4.78, 5) is 11.0. The van der Waals surface area contributed by atoms with Crippen molar-refractivity contribution in [3.05, 3.63) is 71.3 Å². The van der Waals surface area contributed by atoms with Crippen LogP contribution in [0.4, 0.5) is 0 Å². The van der Waals surface area contributed by atoms with Crippen LogP contribution in [-0.2, 0) is 11.2 Å². The van der Waals surface area contributed by atoms with Crippen LogP contribution in [0.1, 0.15) is 42.6 Å². The van der Waals surface area contributed by atoms with Crippen LogP contribution >= 0.6 is 0 Å². The fraction of sp³-hybridized carbons (Fsp3) is 0.286. The van der Waals surface area contributed by atoms with E-state index in [2.05, 4.69) is 30.3 Å². The standard InChI is InChI=1S/C21H22O3/c1-15(22)14-24-19-7-4-6-18(13-19)21(23)12-11-17-10-9-16-5-2-3-8-20(16)17/h2-8,10,13,21,23H,9,11-12,14H2,1H3/t21-/m1/s1. The first-order valence-electron chi connectivity index (χ1n) is 8.31. The molecule has 0 saturated carbocycles. The number of aliphatic hydroxyl groups is 1. The molecule has 2 aromatic carbocycles. The van der Waals surface area contributed by atoms with Crippen LogP contribution in [0.2, 0.25) is 0 Å². The summed E-state index contributed by atoms with van der Waals surface area (Å²) in [5.74, 6) is 0.597. The molecular formula is C21H22O3. The van der Waals surface area contributed by atoms with Crippen molar-refractivity contribution in [2.24, 2.45) is 0 Å². The second-order valence-corrected chi connectivity index (χ2v) is 6.21. The fourth-order valence-corrected chi connectivity index (χ4v) is 3.05. The molecular weight excluding hydrogens is 300 g/mol. The number of benzene rings is 2. The first-order valence-corrected chi connectivity index (χ1v) is 8.31. The van der Waals surface area contributed by atoms with Crippen molar-refractivity contribution in [1.29, 1.82) is 0 Å². The molecule has 3 nitrogen and oxygen atoms in total. The van der Waals surface area contributed by atoms with E-state index in [-0.39, 0.29) is 12.4 Å². The zero-order chi connectivity index (χ0) is 16.9. The number of fused-ring (bicyclic) bond motifs is 1. The van der Waals surface area contributed by atoms with Crippen LogP contribution in [0.5, 0.6) is 5.75 Å².